The minimum Gasteiger partial charge on any atom is -0.616 e. The van der Waals surface area contributed by atoms with Gasteiger partial charge in [0.05, 0.1) is 5.92 Å². The Hall–Kier alpha value is -1.85. The van der Waals surface area contributed by atoms with E-state index >= 15 is 0 Å². The normalized spacial score (nSPS) is 29.5. The SMILES string of the molecule is [O-][S+]1CC2c3cc(O)ccc3OC(c3ccc(O)cc3)C2C1. The highest BCUT2D eigenvalue weighted by molar-refractivity contribution is 7.91. The Labute approximate surface area is 131 Å². The molecule has 0 aliphatic carbocycles. The van der Waals surface area contributed by atoms with E-state index in [9.17, 15) is 14.8 Å². The number of ether oxygens (including phenoxy) is 1. The van der Waals surface area contributed by atoms with Gasteiger partial charge in [-0.3, -0.25) is 0 Å². The average Bonchev–Trinajstić information content (AvgIpc) is 2.89. The molecule has 2 heterocycles. The van der Waals surface area contributed by atoms with Crippen LogP contribution in [0.3, 0.4) is 0 Å². The highest BCUT2D eigenvalue weighted by atomic mass is 32.2. The van der Waals surface area contributed by atoms with Gasteiger partial charge in [-0.2, -0.15) is 0 Å². The van der Waals surface area contributed by atoms with Gasteiger partial charge < -0.3 is 19.5 Å². The van der Waals surface area contributed by atoms with E-state index in [-0.39, 0.29) is 29.4 Å². The Kier molecular flexibility index (Phi) is 3.20. The van der Waals surface area contributed by atoms with Gasteiger partial charge in [0.15, 0.2) is 0 Å². The van der Waals surface area contributed by atoms with Crippen LogP contribution in [0.1, 0.15) is 23.1 Å². The first kappa shape index (κ1) is 13.8. The van der Waals surface area contributed by atoms with E-state index in [1.807, 2.05) is 12.1 Å². The fourth-order valence-corrected chi connectivity index (χ4v) is 5.28. The molecule has 4 nitrogen and oxygen atoms in total. The summed E-state index contributed by atoms with van der Waals surface area (Å²) in [6, 6.07) is 12.1. The van der Waals surface area contributed by atoms with Gasteiger partial charge in [0.1, 0.15) is 34.9 Å². The lowest BCUT2D eigenvalue weighted by molar-refractivity contribution is 0.114. The maximum atomic E-state index is 12.1. The van der Waals surface area contributed by atoms with E-state index in [1.165, 1.54) is 0 Å². The standard InChI is InChI=1S/C17H16O4S/c18-11-3-1-10(2-4-11)17-15-9-22(20)8-14(15)13-7-12(19)5-6-16(13)21-17/h1-7,14-15,17-19H,8-9H2. The molecule has 2 aromatic rings. The highest BCUT2D eigenvalue weighted by Crippen LogP contribution is 2.51. The van der Waals surface area contributed by atoms with Crippen LogP contribution >= 0.6 is 0 Å². The summed E-state index contributed by atoms with van der Waals surface area (Å²) in [6.45, 7) is 0. The largest absolute Gasteiger partial charge is 0.616 e. The maximum absolute atomic E-state index is 12.1. The van der Waals surface area contributed by atoms with Gasteiger partial charge in [0, 0.05) is 11.5 Å². The van der Waals surface area contributed by atoms with Crippen molar-refractivity contribution in [3.8, 4) is 17.2 Å². The Morgan fingerprint density at radius 2 is 1.73 bits per heavy atom. The van der Waals surface area contributed by atoms with E-state index in [2.05, 4.69) is 0 Å². The van der Waals surface area contributed by atoms with Crippen molar-refractivity contribution >= 4 is 11.2 Å². The molecule has 0 saturated carbocycles. The number of phenolic OH excluding ortho intramolecular Hbond substituents is 2. The quantitative estimate of drug-likeness (QED) is 0.793. The number of phenols is 2. The summed E-state index contributed by atoms with van der Waals surface area (Å²) in [5.74, 6) is 2.65. The molecule has 4 atom stereocenters. The van der Waals surface area contributed by atoms with E-state index in [0.29, 0.717) is 11.5 Å². The van der Waals surface area contributed by atoms with E-state index in [4.69, 9.17) is 4.74 Å². The molecule has 0 aromatic heterocycles. The summed E-state index contributed by atoms with van der Waals surface area (Å²) < 4.78 is 18.2. The molecule has 5 heteroatoms. The van der Waals surface area contributed by atoms with Crippen molar-refractivity contribution in [2.75, 3.05) is 11.5 Å². The van der Waals surface area contributed by atoms with E-state index < -0.39 is 11.2 Å². The molecule has 0 radical (unpaired) electrons. The molecule has 2 aliphatic heterocycles. The highest BCUT2D eigenvalue weighted by Gasteiger charge is 2.48. The van der Waals surface area contributed by atoms with E-state index in [1.54, 1.807) is 30.3 Å². The summed E-state index contributed by atoms with van der Waals surface area (Å²) in [5, 5.41) is 19.2. The Bertz CT molecular complexity index is 700. The lowest BCUT2D eigenvalue weighted by Crippen LogP contribution is -2.29. The van der Waals surface area contributed by atoms with Crippen LogP contribution in [0.15, 0.2) is 42.5 Å². The van der Waals surface area contributed by atoms with E-state index in [0.717, 1.165) is 16.9 Å². The van der Waals surface area contributed by atoms with Gasteiger partial charge in [0.2, 0.25) is 0 Å². The monoisotopic (exact) mass is 316 g/mol. The molecule has 0 amide bonds. The number of benzene rings is 2. The molecular weight excluding hydrogens is 300 g/mol. The minimum absolute atomic E-state index is 0.125. The van der Waals surface area contributed by atoms with Crippen molar-refractivity contribution in [1.82, 2.24) is 0 Å². The number of hydrogen-bond donors (Lipinski definition) is 2. The van der Waals surface area contributed by atoms with Crippen LogP contribution in [0.25, 0.3) is 0 Å². The van der Waals surface area contributed by atoms with Crippen LogP contribution in [0, 0.1) is 5.92 Å². The van der Waals surface area contributed by atoms with Crippen molar-refractivity contribution in [3.05, 3.63) is 53.6 Å². The average molecular weight is 316 g/mol. The van der Waals surface area contributed by atoms with Gasteiger partial charge in [-0.1, -0.05) is 23.3 Å². The molecule has 2 N–H and O–H groups in total. The molecule has 0 bridgehead atoms. The summed E-state index contributed by atoms with van der Waals surface area (Å²) in [5.41, 5.74) is 1.93. The molecular formula is C17H16O4S. The fraction of sp³-hybridized carbons (Fsp3) is 0.294. The van der Waals surface area contributed by atoms with Gasteiger partial charge in [0.25, 0.3) is 0 Å². The second kappa shape index (κ2) is 5.11. The number of rotatable bonds is 1. The Morgan fingerprint density at radius 1 is 1.00 bits per heavy atom. The lowest BCUT2D eigenvalue weighted by atomic mass is 9.80. The fourth-order valence-electron chi connectivity index (χ4n) is 3.48. The molecule has 114 valence electrons. The van der Waals surface area contributed by atoms with Crippen LogP contribution in [-0.4, -0.2) is 26.3 Å². The lowest BCUT2D eigenvalue weighted by Gasteiger charge is -2.34. The Morgan fingerprint density at radius 3 is 2.50 bits per heavy atom. The first-order valence-electron chi connectivity index (χ1n) is 7.25. The van der Waals surface area contributed by atoms with Gasteiger partial charge >= 0.3 is 0 Å². The third kappa shape index (κ3) is 2.21. The van der Waals surface area contributed by atoms with Crippen molar-refractivity contribution in [2.24, 2.45) is 5.92 Å². The number of aromatic hydroxyl groups is 2. The first-order chi connectivity index (χ1) is 10.6. The predicted octanol–water partition coefficient (Wildman–Crippen LogP) is 2.69. The summed E-state index contributed by atoms with van der Waals surface area (Å²) in [7, 11) is 0. The smallest absolute Gasteiger partial charge is 0.132 e. The van der Waals surface area contributed by atoms with Crippen molar-refractivity contribution < 1.29 is 19.5 Å². The van der Waals surface area contributed by atoms with Crippen LogP contribution in [0.4, 0.5) is 0 Å². The van der Waals surface area contributed by atoms with Crippen molar-refractivity contribution in [2.45, 2.75) is 12.0 Å². The van der Waals surface area contributed by atoms with Crippen LogP contribution in [0.2, 0.25) is 0 Å². The minimum atomic E-state index is -0.867. The van der Waals surface area contributed by atoms with Gasteiger partial charge in [-0.25, -0.2) is 0 Å². The topological polar surface area (TPSA) is 72.8 Å². The van der Waals surface area contributed by atoms with Crippen LogP contribution < -0.4 is 4.74 Å². The first-order valence-corrected chi connectivity index (χ1v) is 8.74. The second-order valence-corrected chi connectivity index (χ2v) is 7.44. The molecule has 2 aliphatic rings. The zero-order valence-corrected chi connectivity index (χ0v) is 12.6. The predicted molar refractivity (Wildman–Crippen MR) is 83.7 cm³/mol. The van der Waals surface area contributed by atoms with Crippen LogP contribution in [0.5, 0.6) is 17.2 Å². The molecule has 4 unspecified atom stereocenters. The summed E-state index contributed by atoms with van der Waals surface area (Å²) in [4.78, 5) is 0. The van der Waals surface area contributed by atoms with Gasteiger partial charge in [-0.05, 0) is 35.9 Å². The summed E-state index contributed by atoms with van der Waals surface area (Å²) >= 11 is -0.867. The third-order valence-corrected chi connectivity index (χ3v) is 6.01. The van der Waals surface area contributed by atoms with Crippen LogP contribution in [-0.2, 0) is 11.2 Å². The molecule has 0 spiro atoms. The van der Waals surface area contributed by atoms with Crippen molar-refractivity contribution in [1.29, 1.82) is 0 Å². The second-order valence-electron chi connectivity index (χ2n) is 5.90. The number of hydrogen-bond acceptors (Lipinski definition) is 4. The number of fused-ring (bicyclic) bond motifs is 3. The summed E-state index contributed by atoms with van der Waals surface area (Å²) in [6.07, 6.45) is -0.172. The zero-order chi connectivity index (χ0) is 15.3. The molecule has 4 rings (SSSR count). The molecule has 2 aromatic carbocycles. The van der Waals surface area contributed by atoms with Gasteiger partial charge in [-0.15, -0.1) is 0 Å². The maximum Gasteiger partial charge on any atom is 0.132 e. The zero-order valence-electron chi connectivity index (χ0n) is 11.8. The Balaban J connectivity index is 1.78. The van der Waals surface area contributed by atoms with Crippen molar-refractivity contribution in [3.63, 3.8) is 0 Å². The molecule has 1 fully saturated rings. The third-order valence-electron chi connectivity index (χ3n) is 4.52. The molecule has 22 heavy (non-hydrogen) atoms. The molecule has 1 saturated heterocycles.